The summed E-state index contributed by atoms with van der Waals surface area (Å²) in [6.45, 7) is 20.1. The van der Waals surface area contributed by atoms with E-state index in [1.807, 2.05) is 42.5 Å². The second-order valence-electron chi connectivity index (χ2n) is 30.9. The molecule has 35 nitrogen and oxygen atoms in total. The molecule has 4 aromatic carbocycles. The summed E-state index contributed by atoms with van der Waals surface area (Å²) in [6, 6.07) is 42.4. The standard InChI is InChI=1S/C18H19N3O4.C18H16N2O4.C13H13NO4.C12H24O4Si.C7H5NO.C6H14O6.C6H10O4.C5H4ClN.CH4.ClH/c19-18(20)11-2-1-3-13(8-11)25-15-10-23-16-14(9-22-17(15)16)24-12-4-6-21-7-5-12;19-9-12-2-1-3-14(8-12)24-16-11-22-17-15(10-21-18(16)17)23-13-4-6-20-7-5-13;14-5-8-2-1-3-9(4-8)18-11-7-17-12-10(15)6-16-13(11)12;1-12(2,3)17(4,5)16-9-7-15-10-8(13)6-14-11(9)10;1-8-6-3-2-4-7(9)5-6;7-1-3(9)5(11)6(12)4(10)2-8;7-3-1-9-6-4(8)2-10-5(3)6;6-5-1-3-7-4-2-5;;/h1-8,14-17H,9-10H2,(H3,19,20);1-8,15-18H,10-11H2;1-4,10-13,15H,6-7H2;8-11,13H,6-7H2,1-5H3;2-5,9H;3-12H,1-2H2;3-8H,1-2H2;1-4H;1H4;1H/t14-,15+,16-,17-;15-,16+,17-,18-;10-,11+,12-,13-;8-,9-,10-,11-;;;3-,4-,5-,6-;;;/m1111..1.../s1. The lowest BCUT2D eigenvalue weighted by Crippen LogP contribution is -3.00. The number of nitrogen functional groups attached to an aromatic ring is 1. The molecule has 10 aliphatic heterocycles. The molecule has 3 aromatic heterocycles. The van der Waals surface area contributed by atoms with Gasteiger partial charge >= 0.3 is 0 Å². The summed E-state index contributed by atoms with van der Waals surface area (Å²) < 4.78 is 91.6. The van der Waals surface area contributed by atoms with Crippen LogP contribution in [-0.2, 0) is 51.8 Å². The van der Waals surface area contributed by atoms with Crippen LogP contribution in [-0.4, -0.2) is 306 Å². The number of aromatic hydroxyl groups is 1. The van der Waals surface area contributed by atoms with E-state index in [2.05, 4.69) is 65.8 Å². The quantitative estimate of drug-likeness (QED) is 0.0246. The Balaban J connectivity index is 0.000000181. The van der Waals surface area contributed by atoms with E-state index in [1.165, 1.54) is 12.1 Å². The topological polar surface area (TPSA) is 512 Å². The van der Waals surface area contributed by atoms with Crippen LogP contribution in [0, 0.1) is 34.6 Å². The van der Waals surface area contributed by atoms with Gasteiger partial charge in [-0.1, -0.05) is 76.2 Å². The summed E-state index contributed by atoms with van der Waals surface area (Å²) in [5.74, 6) is 3.54. The first-order valence-corrected chi connectivity index (χ1v) is 42.7. The van der Waals surface area contributed by atoms with Crippen molar-refractivity contribution in [3.63, 3.8) is 0 Å². The number of amidine groups is 1. The van der Waals surface area contributed by atoms with Crippen molar-refractivity contribution in [2.75, 3.05) is 79.3 Å². The summed E-state index contributed by atoms with van der Waals surface area (Å²) in [7, 11) is -1.79. The van der Waals surface area contributed by atoms with Crippen molar-refractivity contribution in [1.29, 1.82) is 15.9 Å². The van der Waals surface area contributed by atoms with Crippen molar-refractivity contribution in [2.45, 2.75) is 193 Å². The van der Waals surface area contributed by atoms with Crippen LogP contribution in [0.1, 0.15) is 44.9 Å². The number of benzene rings is 4. The number of hydrogen-bond donors (Lipinski definition) is 13. The highest BCUT2D eigenvalue weighted by atomic mass is 35.5. The first kappa shape index (κ1) is 100. The number of rotatable bonds is 18. The van der Waals surface area contributed by atoms with Crippen LogP contribution in [0.15, 0.2) is 171 Å². The molecule has 13 heterocycles. The number of hydrogen-bond acceptors (Lipinski definition) is 32. The number of ether oxygens (including phenoxy) is 15. The molecule has 24 atom stereocenters. The number of phenols is 1. The number of aromatic amines is 1. The van der Waals surface area contributed by atoms with Crippen LogP contribution in [0.5, 0.6) is 34.5 Å². The molecule has 4 unspecified atom stereocenters. The van der Waals surface area contributed by atoms with Crippen molar-refractivity contribution in [3.05, 3.63) is 204 Å². The van der Waals surface area contributed by atoms with E-state index < -0.39 is 70.4 Å². The van der Waals surface area contributed by atoms with Crippen molar-refractivity contribution in [1.82, 2.24) is 9.97 Å². The molecule has 10 saturated heterocycles. The number of nitrogens with two attached hydrogens (primary N) is 1. The van der Waals surface area contributed by atoms with Gasteiger partial charge in [0.15, 0.2) is 56.9 Å². The Morgan fingerprint density at radius 1 is 0.508 bits per heavy atom. The highest BCUT2D eigenvalue weighted by Gasteiger charge is 2.54. The fourth-order valence-electron chi connectivity index (χ4n) is 13.7. The zero-order valence-electron chi connectivity index (χ0n) is 68.0. The highest BCUT2D eigenvalue weighted by molar-refractivity contribution is 6.74. The van der Waals surface area contributed by atoms with Crippen molar-refractivity contribution in [2.24, 2.45) is 5.73 Å². The Morgan fingerprint density at radius 3 is 1.17 bits per heavy atom. The predicted molar refractivity (Wildman–Crippen MR) is 441 cm³/mol. The Bertz CT molecular complexity index is 4470. The van der Waals surface area contributed by atoms with Crippen molar-refractivity contribution < 1.29 is 149 Å². The summed E-state index contributed by atoms with van der Waals surface area (Å²) in [5, 5.41) is 125. The number of aromatic nitrogens is 3. The Hall–Kier alpha value is -8.97. The lowest BCUT2D eigenvalue weighted by atomic mass is 10.0. The molecule has 17 rings (SSSR count). The maximum Gasteiger partial charge on any atom is 0.192 e. The Kier molecular flexibility index (Phi) is 39.4. The number of nitrogens with zero attached hydrogens (tertiary/aromatic N) is 5. The highest BCUT2D eigenvalue weighted by Crippen LogP contribution is 2.41. The number of nitriles is 2. The van der Waals surface area contributed by atoms with E-state index in [0.29, 0.717) is 85.9 Å². The maximum absolute atomic E-state index is 9.68. The van der Waals surface area contributed by atoms with Gasteiger partial charge in [-0.2, -0.15) is 10.5 Å². The minimum absolute atomic E-state index is 0. The predicted octanol–water partition coefficient (Wildman–Crippen LogP) is 0.961. The van der Waals surface area contributed by atoms with Gasteiger partial charge in [0.2, 0.25) is 0 Å². The summed E-state index contributed by atoms with van der Waals surface area (Å²) in [5.41, 5.74) is 7.73. The first-order chi connectivity index (χ1) is 58.6. The monoisotopic (exact) mass is 1780 g/mol. The van der Waals surface area contributed by atoms with Gasteiger partial charge in [-0.25, -0.2) is 9.83 Å². The number of nitrogens with one attached hydrogen (secondary N) is 2. The average molecular weight is 1790 g/mol. The molecule has 10 aliphatic rings. The second-order valence-corrected chi connectivity index (χ2v) is 36.1. The van der Waals surface area contributed by atoms with Crippen LogP contribution in [0.25, 0.3) is 4.85 Å². The average Bonchev–Trinajstić information content (AvgIpc) is 1.69. The summed E-state index contributed by atoms with van der Waals surface area (Å²) >= 11 is 5.52. The molecule has 0 spiro atoms. The van der Waals surface area contributed by atoms with Gasteiger partial charge in [-0.05, 0) is 103 Å². The Morgan fingerprint density at radius 2 is 0.831 bits per heavy atom. The number of phenolic OH excluding ortho intramolecular Hbond substituents is 1. The minimum Gasteiger partial charge on any atom is -1.00 e. The third kappa shape index (κ3) is 28.0. The van der Waals surface area contributed by atoms with Crippen LogP contribution in [0.4, 0.5) is 5.69 Å². The third-order valence-electron chi connectivity index (χ3n) is 21.1. The van der Waals surface area contributed by atoms with E-state index in [1.54, 1.807) is 116 Å². The lowest BCUT2D eigenvalue weighted by Gasteiger charge is -2.39. The van der Waals surface area contributed by atoms with Crippen molar-refractivity contribution in [3.8, 4) is 46.6 Å². The van der Waals surface area contributed by atoms with Gasteiger partial charge in [0.25, 0.3) is 0 Å². The molecule has 674 valence electrons. The van der Waals surface area contributed by atoms with E-state index in [0.717, 1.165) is 16.5 Å². The number of H-pyrrole nitrogens is 1. The van der Waals surface area contributed by atoms with Crippen LogP contribution < -0.4 is 46.8 Å². The zero-order valence-corrected chi connectivity index (χ0v) is 70.5. The SMILES string of the molecule is C.CC(C)(C)[Si](C)(C)O[C@@H]1CO[C@H]2[C@@H]1OC[C@H]2O.Clc1cc[nH+]cc1.N#Cc1cccc(O[C@H]2CO[C@H]3[C@@H]2OC[C@H]3O)c1.N#Cc1cccc(O[C@H]2CO[C@H]3[C@@H]2OC[C@H]3Oc2ccncc2)c1.N=C(N)c1cccc(O[C@H]2CO[C@H]3[C@@H]2OC[C@H]3Oc2ccncc2)c1.OCC(O)C(O)C(O)C(O)CO.O[C@@H]1CO[C@H]2[C@@H]1OC[C@H]2O.[C-]#[N+]c1cccc(O)c1.[Cl-]. The number of fused-ring (bicyclic) bond motifs is 5. The van der Waals surface area contributed by atoms with Crippen LogP contribution >= 0.6 is 11.6 Å². The number of halogens is 2. The molecule has 7 aromatic rings. The molecule has 38 heteroatoms. The molecule has 15 N–H and O–H groups in total. The van der Waals surface area contributed by atoms with Gasteiger partial charge in [-0.15, -0.1) is 0 Å². The molecule has 10 fully saturated rings. The normalized spacial score (nSPS) is 28.7. The molecule has 0 saturated carbocycles. The largest absolute Gasteiger partial charge is 1.00 e. The Labute approximate surface area is 731 Å². The van der Waals surface area contributed by atoms with Crippen LogP contribution in [0.2, 0.25) is 23.2 Å². The van der Waals surface area contributed by atoms with Gasteiger partial charge in [0.05, 0.1) is 120 Å². The number of aliphatic hydroxyl groups excluding tert-OH is 10. The molecular weight excluding hydrogens is 1680 g/mol. The second kappa shape index (κ2) is 48.7. The number of aliphatic hydroxyl groups is 10. The smallest absolute Gasteiger partial charge is 0.192 e. The fraction of sp³-hybridized carbons (Fsp3) is 0.500. The maximum atomic E-state index is 9.68. The summed E-state index contributed by atoms with van der Waals surface area (Å²) in [6.07, 6.45) is -1.39. The van der Waals surface area contributed by atoms with E-state index in [4.69, 9.17) is 161 Å². The summed E-state index contributed by atoms with van der Waals surface area (Å²) in [4.78, 5) is 13.9. The minimum atomic E-state index is -1.79. The molecule has 0 amide bonds. The number of pyridine rings is 3. The zero-order chi connectivity index (χ0) is 87.6. The van der Waals surface area contributed by atoms with E-state index in [9.17, 15) is 10.2 Å². The molecule has 124 heavy (non-hydrogen) atoms. The van der Waals surface area contributed by atoms with Crippen LogP contribution in [0.3, 0.4) is 0 Å². The molecular formula is C86H110Cl2N8O27Si. The molecule has 0 radical (unpaired) electrons. The first-order valence-electron chi connectivity index (χ1n) is 39.5. The third-order valence-corrected chi connectivity index (χ3v) is 25.9. The van der Waals surface area contributed by atoms with Gasteiger partial charge in [0, 0.05) is 42.5 Å². The van der Waals surface area contributed by atoms with Crippen molar-refractivity contribution >= 4 is 31.4 Å². The van der Waals surface area contributed by atoms with E-state index in [-0.39, 0.29) is 154 Å². The lowest BCUT2D eigenvalue weighted by molar-refractivity contribution is -0.377. The van der Waals surface area contributed by atoms with Gasteiger partial charge in [0.1, 0.15) is 150 Å². The molecule has 0 bridgehead atoms. The van der Waals surface area contributed by atoms with E-state index >= 15 is 0 Å². The fourth-order valence-corrected chi connectivity index (χ4v) is 15.1. The van der Waals surface area contributed by atoms with Gasteiger partial charge < -0.3 is 150 Å². The molecule has 0 aliphatic carbocycles. The van der Waals surface area contributed by atoms with Gasteiger partial charge in [-0.3, -0.25) is 15.4 Å².